The van der Waals surface area contributed by atoms with Crippen molar-refractivity contribution in [3.8, 4) is 5.75 Å². The number of nitrogens with one attached hydrogen (secondary N) is 1. The minimum Gasteiger partial charge on any atom is -0.484 e. The molecule has 0 radical (unpaired) electrons. The minimum atomic E-state index is -0.850. The van der Waals surface area contributed by atoms with Crippen molar-refractivity contribution in [3.05, 3.63) is 86.1 Å². The Morgan fingerprint density at radius 1 is 1.23 bits per heavy atom. The van der Waals surface area contributed by atoms with Gasteiger partial charge in [0.2, 0.25) is 5.56 Å². The first-order valence-corrected chi connectivity index (χ1v) is 14.3. The summed E-state index contributed by atoms with van der Waals surface area (Å²) < 4.78 is 9.30. The van der Waals surface area contributed by atoms with Crippen molar-refractivity contribution in [2.75, 3.05) is 6.54 Å². The second-order valence-corrected chi connectivity index (χ2v) is 12.0. The number of fused-ring (bicyclic) bond motifs is 3. The van der Waals surface area contributed by atoms with Gasteiger partial charge in [0.05, 0.1) is 17.6 Å². The highest BCUT2D eigenvalue weighted by molar-refractivity contribution is 7.17. The van der Waals surface area contributed by atoms with Crippen molar-refractivity contribution >= 4 is 38.4 Å². The molecule has 2 aromatic carbocycles. The Labute approximate surface area is 234 Å². The first-order valence-electron chi connectivity index (χ1n) is 13.4. The molecule has 2 aliphatic rings. The highest BCUT2D eigenvalue weighted by Gasteiger charge is 2.48. The summed E-state index contributed by atoms with van der Waals surface area (Å²) in [5, 5.41) is 21.6. The van der Waals surface area contributed by atoms with Crippen LogP contribution in [0.4, 0.5) is 0 Å². The largest absolute Gasteiger partial charge is 0.484 e. The Morgan fingerprint density at radius 3 is 2.88 bits per heavy atom. The number of nitrogens with zero attached hydrogens (tertiary/aromatic N) is 4. The Morgan fingerprint density at radius 2 is 2.08 bits per heavy atom. The van der Waals surface area contributed by atoms with Gasteiger partial charge in [0.1, 0.15) is 16.9 Å². The smallest absolute Gasteiger partial charge is 0.304 e. The summed E-state index contributed by atoms with van der Waals surface area (Å²) in [6, 6.07) is 13.7. The molecule has 0 saturated heterocycles. The number of hydrogen-bond donors (Lipinski definition) is 2. The van der Waals surface area contributed by atoms with E-state index >= 15 is 0 Å². The number of aliphatic carboxylic acids is 1. The Bertz CT molecular complexity index is 1850. The van der Waals surface area contributed by atoms with Crippen molar-refractivity contribution in [2.24, 2.45) is 7.05 Å². The third kappa shape index (κ3) is 4.37. The number of hydrogen-bond acceptors (Lipinski definition) is 7. The molecule has 4 heterocycles. The Hall–Kier alpha value is -4.02. The van der Waals surface area contributed by atoms with Crippen LogP contribution in [-0.4, -0.2) is 48.1 Å². The van der Waals surface area contributed by atoms with Crippen LogP contribution in [0.15, 0.2) is 52.6 Å². The summed E-state index contributed by atoms with van der Waals surface area (Å²) in [5.74, 6) is -0.436. The van der Waals surface area contributed by atoms with E-state index in [4.69, 9.17) is 4.74 Å². The summed E-state index contributed by atoms with van der Waals surface area (Å²) in [5.41, 5.74) is 6.16. The molecule has 7 rings (SSSR count). The molecule has 0 amide bonds. The minimum absolute atomic E-state index is 0.0308. The van der Waals surface area contributed by atoms with E-state index in [2.05, 4.69) is 43.8 Å². The molecule has 0 unspecified atom stereocenters. The van der Waals surface area contributed by atoms with Crippen molar-refractivity contribution in [2.45, 2.75) is 50.8 Å². The number of aromatic nitrogens is 4. The van der Waals surface area contributed by atoms with Crippen LogP contribution in [0.5, 0.6) is 5.75 Å². The van der Waals surface area contributed by atoms with E-state index in [0.29, 0.717) is 13.1 Å². The van der Waals surface area contributed by atoms with Gasteiger partial charge in [-0.2, -0.15) is 0 Å². The number of carbonyl (C=O) groups is 1. The molecule has 1 saturated carbocycles. The lowest BCUT2D eigenvalue weighted by Crippen LogP contribution is -2.34. The van der Waals surface area contributed by atoms with E-state index in [1.165, 1.54) is 10.8 Å². The van der Waals surface area contributed by atoms with Gasteiger partial charge < -0.3 is 14.8 Å². The SMILES string of the molecule is Cc1c([C@H](CC(=O)O)c2cc(CN3Cc4[nH]c(=O)ccc4OC4(CC4)C3)c3sccc3c2)ccc2c1nnn2C. The fourth-order valence-electron chi connectivity index (χ4n) is 6.13. The summed E-state index contributed by atoms with van der Waals surface area (Å²) >= 11 is 1.70. The van der Waals surface area contributed by atoms with E-state index < -0.39 is 5.97 Å². The highest BCUT2D eigenvalue weighted by Crippen LogP contribution is 2.44. The van der Waals surface area contributed by atoms with Gasteiger partial charge in [-0.15, -0.1) is 16.4 Å². The molecule has 9 nitrogen and oxygen atoms in total. The number of benzene rings is 2. The number of carboxylic acid groups (broad SMARTS) is 1. The summed E-state index contributed by atoms with van der Waals surface area (Å²) in [6.45, 7) is 4.00. The summed E-state index contributed by atoms with van der Waals surface area (Å²) in [6.07, 6.45) is 1.94. The molecule has 40 heavy (non-hydrogen) atoms. The molecule has 2 N–H and O–H groups in total. The zero-order valence-electron chi connectivity index (χ0n) is 22.3. The van der Waals surface area contributed by atoms with Crippen LogP contribution in [0.2, 0.25) is 0 Å². The van der Waals surface area contributed by atoms with Crippen molar-refractivity contribution < 1.29 is 14.6 Å². The van der Waals surface area contributed by atoms with Crippen LogP contribution in [0, 0.1) is 6.92 Å². The first kappa shape index (κ1) is 25.0. The average Bonchev–Trinajstić information content (AvgIpc) is 3.34. The Kier molecular flexibility index (Phi) is 5.79. The number of H-pyrrole nitrogens is 1. The molecule has 0 bridgehead atoms. The molecule has 204 valence electrons. The van der Waals surface area contributed by atoms with E-state index in [1.54, 1.807) is 22.1 Å². The number of aromatic amines is 1. The van der Waals surface area contributed by atoms with E-state index in [0.717, 1.165) is 69.5 Å². The lowest BCUT2D eigenvalue weighted by molar-refractivity contribution is -0.137. The Balaban J connectivity index is 1.30. The molecule has 1 fully saturated rings. The van der Waals surface area contributed by atoms with E-state index in [-0.39, 0.29) is 23.5 Å². The molecule has 5 aromatic rings. The average molecular weight is 556 g/mol. The molecule has 1 aliphatic carbocycles. The molecule has 3 aromatic heterocycles. The van der Waals surface area contributed by atoms with Gasteiger partial charge in [0.15, 0.2) is 0 Å². The van der Waals surface area contributed by atoms with E-state index in [1.807, 2.05) is 26.1 Å². The van der Waals surface area contributed by atoms with Gasteiger partial charge in [-0.25, -0.2) is 4.68 Å². The normalized spacial score (nSPS) is 17.1. The van der Waals surface area contributed by atoms with Crippen molar-refractivity contribution in [1.82, 2.24) is 24.9 Å². The van der Waals surface area contributed by atoms with Gasteiger partial charge in [-0.1, -0.05) is 17.3 Å². The molecule has 1 aliphatic heterocycles. The number of ether oxygens (including phenoxy) is 1. The number of aryl methyl sites for hydroxylation is 2. The maximum Gasteiger partial charge on any atom is 0.304 e. The van der Waals surface area contributed by atoms with Crippen molar-refractivity contribution in [1.29, 1.82) is 0 Å². The van der Waals surface area contributed by atoms with Gasteiger partial charge in [-0.05, 0) is 77.1 Å². The number of thiophene rings is 1. The highest BCUT2D eigenvalue weighted by atomic mass is 32.1. The molecular formula is C30H29N5O4S. The maximum atomic E-state index is 12.1. The van der Waals surface area contributed by atoms with Gasteiger partial charge in [0.25, 0.3) is 0 Å². The van der Waals surface area contributed by atoms with Crippen LogP contribution >= 0.6 is 11.3 Å². The lowest BCUT2D eigenvalue weighted by atomic mass is 9.84. The third-order valence-corrected chi connectivity index (χ3v) is 9.27. The lowest BCUT2D eigenvalue weighted by Gasteiger charge is -2.25. The quantitative estimate of drug-likeness (QED) is 0.312. The number of carboxylic acids is 1. The van der Waals surface area contributed by atoms with Crippen LogP contribution in [0.1, 0.15) is 53.1 Å². The van der Waals surface area contributed by atoms with Gasteiger partial charge in [-0.3, -0.25) is 14.5 Å². The first-order chi connectivity index (χ1) is 19.3. The van der Waals surface area contributed by atoms with Gasteiger partial charge >= 0.3 is 5.97 Å². The molecule has 10 heteroatoms. The van der Waals surface area contributed by atoms with E-state index in [9.17, 15) is 14.7 Å². The predicted octanol–water partition coefficient (Wildman–Crippen LogP) is 4.71. The second-order valence-electron chi connectivity index (χ2n) is 11.1. The summed E-state index contributed by atoms with van der Waals surface area (Å²) in [7, 11) is 1.85. The van der Waals surface area contributed by atoms with Crippen LogP contribution in [0.3, 0.4) is 0 Å². The van der Waals surface area contributed by atoms with Crippen LogP contribution in [0.25, 0.3) is 21.1 Å². The fraction of sp³-hybridized carbons (Fsp3) is 0.333. The zero-order valence-corrected chi connectivity index (χ0v) is 23.1. The van der Waals surface area contributed by atoms with Crippen LogP contribution < -0.4 is 10.3 Å². The third-order valence-electron chi connectivity index (χ3n) is 8.27. The molecule has 1 atom stereocenters. The fourth-order valence-corrected chi connectivity index (χ4v) is 7.02. The molecular weight excluding hydrogens is 526 g/mol. The monoisotopic (exact) mass is 555 g/mol. The second kappa shape index (κ2) is 9.28. The van der Waals surface area contributed by atoms with Crippen molar-refractivity contribution in [3.63, 3.8) is 0 Å². The topological polar surface area (TPSA) is 113 Å². The van der Waals surface area contributed by atoms with Crippen LogP contribution in [-0.2, 0) is 24.9 Å². The number of rotatable bonds is 6. The number of pyridine rings is 1. The maximum absolute atomic E-state index is 12.1. The molecule has 1 spiro atoms. The van der Waals surface area contributed by atoms with Gasteiger partial charge in [0, 0.05) is 43.4 Å². The zero-order chi connectivity index (χ0) is 27.6. The predicted molar refractivity (Wildman–Crippen MR) is 153 cm³/mol. The standard InChI is InChI=1S/C30H29N5O4S/c1-17-21(3-4-24-28(17)32-33-34(24)2)22(13-27(37)38)19-11-18-7-10-40-29(18)20(12-19)14-35-15-23-25(5-6-26(36)31-23)39-30(16-35)8-9-30/h3-7,10-12,22H,8-9,13-16H2,1-2H3,(H,31,36)(H,37,38)/t22-/m1/s1. The summed E-state index contributed by atoms with van der Waals surface area (Å²) in [4.78, 5) is 29.6.